The molecule has 0 radical (unpaired) electrons. The zero-order valence-electron chi connectivity index (χ0n) is 12.7. The first kappa shape index (κ1) is 16.7. The molecule has 1 aromatic heterocycles. The van der Waals surface area contributed by atoms with Gasteiger partial charge in [-0.2, -0.15) is 0 Å². The molecule has 0 unspecified atom stereocenters. The van der Waals surface area contributed by atoms with Crippen LogP contribution in [-0.2, 0) is 13.1 Å². The Balaban J connectivity index is 1.59. The summed E-state index contributed by atoms with van der Waals surface area (Å²) >= 11 is 5.43. The minimum Gasteiger partial charge on any atom is -0.312 e. The lowest BCUT2D eigenvalue weighted by atomic mass is 10.2. The fraction of sp³-hybridized carbons (Fsp3) is 0.412. The van der Waals surface area contributed by atoms with E-state index in [0.29, 0.717) is 0 Å². The van der Waals surface area contributed by atoms with Gasteiger partial charge in [-0.25, -0.2) is 0 Å². The van der Waals surface area contributed by atoms with Crippen LogP contribution in [0.25, 0.3) is 0 Å². The second-order valence-corrected chi connectivity index (χ2v) is 7.57. The van der Waals surface area contributed by atoms with Crippen molar-refractivity contribution in [3.63, 3.8) is 0 Å². The Morgan fingerprint density at radius 3 is 2.67 bits per heavy atom. The Labute approximate surface area is 140 Å². The summed E-state index contributed by atoms with van der Waals surface area (Å²) in [7, 11) is 2.19. The molecule has 4 heteroatoms. The summed E-state index contributed by atoms with van der Waals surface area (Å²) in [6, 6.07) is 12.9. The van der Waals surface area contributed by atoms with Gasteiger partial charge in [0.2, 0.25) is 0 Å². The van der Waals surface area contributed by atoms with Gasteiger partial charge in [0.1, 0.15) is 0 Å². The number of benzene rings is 1. The molecular formula is C17H23BrN2S. The van der Waals surface area contributed by atoms with Gasteiger partial charge in [-0.3, -0.25) is 0 Å². The van der Waals surface area contributed by atoms with Crippen molar-refractivity contribution < 1.29 is 0 Å². The van der Waals surface area contributed by atoms with Crippen molar-refractivity contribution >= 4 is 27.3 Å². The van der Waals surface area contributed by atoms with Crippen LogP contribution in [0.1, 0.15) is 21.7 Å². The summed E-state index contributed by atoms with van der Waals surface area (Å²) in [5.41, 5.74) is 1.38. The molecule has 114 valence electrons. The Kier molecular flexibility index (Phi) is 6.90. The molecule has 0 aliphatic heterocycles. The Hall–Kier alpha value is -0.680. The third kappa shape index (κ3) is 5.91. The lowest BCUT2D eigenvalue weighted by Crippen LogP contribution is -2.23. The molecule has 2 rings (SSSR count). The molecule has 0 saturated carbocycles. The second-order valence-electron chi connectivity index (χ2n) is 5.37. The van der Waals surface area contributed by atoms with Crippen LogP contribution in [0.3, 0.4) is 0 Å². The summed E-state index contributed by atoms with van der Waals surface area (Å²) in [5, 5.41) is 3.52. The highest BCUT2D eigenvalue weighted by Gasteiger charge is 2.03. The smallest absolute Gasteiger partial charge is 0.0314 e. The molecule has 1 N–H and O–H groups in total. The van der Waals surface area contributed by atoms with E-state index in [2.05, 4.69) is 76.5 Å². The summed E-state index contributed by atoms with van der Waals surface area (Å²) < 4.78 is 1.23. The first-order valence-corrected chi connectivity index (χ1v) is 8.94. The van der Waals surface area contributed by atoms with E-state index >= 15 is 0 Å². The van der Waals surface area contributed by atoms with Crippen molar-refractivity contribution in [2.45, 2.75) is 26.4 Å². The van der Waals surface area contributed by atoms with Gasteiger partial charge in [-0.05, 0) is 61.0 Å². The van der Waals surface area contributed by atoms with Gasteiger partial charge in [0.25, 0.3) is 0 Å². The van der Waals surface area contributed by atoms with Crippen LogP contribution in [0.2, 0.25) is 0 Å². The number of thiophene rings is 1. The average molecular weight is 367 g/mol. The first-order valence-electron chi connectivity index (χ1n) is 7.33. The quantitative estimate of drug-likeness (QED) is 0.695. The predicted molar refractivity (Wildman–Crippen MR) is 95.9 cm³/mol. The standard InChI is InChI=1S/C17H23BrN2S/c1-14-17(18)11-16(21-14)12-19-9-6-10-20(2)13-15-7-4-3-5-8-15/h3-5,7-8,11,19H,6,9-10,12-13H2,1-2H3. The number of hydrogen-bond donors (Lipinski definition) is 1. The van der Waals surface area contributed by atoms with Crippen molar-refractivity contribution in [2.24, 2.45) is 0 Å². The lowest BCUT2D eigenvalue weighted by molar-refractivity contribution is 0.319. The Morgan fingerprint density at radius 1 is 1.24 bits per heavy atom. The second kappa shape index (κ2) is 8.69. The third-order valence-electron chi connectivity index (χ3n) is 3.40. The highest BCUT2D eigenvalue weighted by molar-refractivity contribution is 9.10. The van der Waals surface area contributed by atoms with E-state index in [-0.39, 0.29) is 0 Å². The molecule has 0 saturated heterocycles. The average Bonchev–Trinajstić information content (AvgIpc) is 2.78. The van der Waals surface area contributed by atoms with Gasteiger partial charge >= 0.3 is 0 Å². The number of halogens is 1. The molecule has 0 atom stereocenters. The van der Waals surface area contributed by atoms with Gasteiger partial charge in [0.15, 0.2) is 0 Å². The highest BCUT2D eigenvalue weighted by Crippen LogP contribution is 2.25. The van der Waals surface area contributed by atoms with Crippen molar-refractivity contribution in [1.29, 1.82) is 0 Å². The summed E-state index contributed by atoms with van der Waals surface area (Å²) in [6.45, 7) is 6.33. The molecule has 2 nitrogen and oxygen atoms in total. The molecule has 0 aliphatic carbocycles. The van der Waals surface area contributed by atoms with Crippen molar-refractivity contribution in [2.75, 3.05) is 20.1 Å². The molecule has 21 heavy (non-hydrogen) atoms. The van der Waals surface area contributed by atoms with E-state index in [1.165, 1.54) is 26.2 Å². The fourth-order valence-electron chi connectivity index (χ4n) is 2.26. The molecule has 1 heterocycles. The fourth-order valence-corrected chi connectivity index (χ4v) is 3.84. The van der Waals surface area contributed by atoms with Crippen LogP contribution in [0.15, 0.2) is 40.9 Å². The van der Waals surface area contributed by atoms with Gasteiger partial charge in [-0.1, -0.05) is 30.3 Å². The van der Waals surface area contributed by atoms with E-state index in [4.69, 9.17) is 0 Å². The van der Waals surface area contributed by atoms with E-state index in [0.717, 1.165) is 26.2 Å². The maximum absolute atomic E-state index is 3.57. The minimum atomic E-state index is 0.972. The molecule has 0 aliphatic rings. The SMILES string of the molecule is Cc1sc(CNCCCN(C)Cc2ccccc2)cc1Br. The van der Waals surface area contributed by atoms with Gasteiger partial charge in [0.05, 0.1) is 0 Å². The van der Waals surface area contributed by atoms with Crippen LogP contribution < -0.4 is 5.32 Å². The summed E-state index contributed by atoms with van der Waals surface area (Å²) in [5.74, 6) is 0. The third-order valence-corrected chi connectivity index (χ3v) is 5.53. The summed E-state index contributed by atoms with van der Waals surface area (Å²) in [4.78, 5) is 5.13. The van der Waals surface area contributed by atoms with E-state index < -0.39 is 0 Å². The number of aryl methyl sites for hydroxylation is 1. The molecule has 0 fully saturated rings. The van der Waals surface area contributed by atoms with Crippen molar-refractivity contribution in [3.05, 3.63) is 56.2 Å². The predicted octanol–water partition coefficient (Wildman–Crippen LogP) is 4.43. The van der Waals surface area contributed by atoms with Crippen molar-refractivity contribution in [1.82, 2.24) is 10.2 Å². The van der Waals surface area contributed by atoms with Crippen LogP contribution in [-0.4, -0.2) is 25.0 Å². The number of nitrogens with zero attached hydrogens (tertiary/aromatic N) is 1. The Morgan fingerprint density at radius 2 is 2.00 bits per heavy atom. The van der Waals surface area contributed by atoms with Gasteiger partial charge < -0.3 is 10.2 Å². The molecule has 0 spiro atoms. The van der Waals surface area contributed by atoms with Crippen LogP contribution in [0, 0.1) is 6.92 Å². The zero-order valence-corrected chi connectivity index (χ0v) is 15.1. The summed E-state index contributed by atoms with van der Waals surface area (Å²) in [6.07, 6.45) is 1.18. The molecular weight excluding hydrogens is 344 g/mol. The molecule has 1 aromatic carbocycles. The number of hydrogen-bond acceptors (Lipinski definition) is 3. The first-order chi connectivity index (χ1) is 10.1. The monoisotopic (exact) mass is 366 g/mol. The van der Waals surface area contributed by atoms with Crippen LogP contribution in [0.5, 0.6) is 0 Å². The van der Waals surface area contributed by atoms with E-state index in [1.54, 1.807) is 0 Å². The normalized spacial score (nSPS) is 11.2. The zero-order chi connectivity index (χ0) is 15.1. The maximum Gasteiger partial charge on any atom is 0.0314 e. The molecule has 0 bridgehead atoms. The van der Waals surface area contributed by atoms with Crippen LogP contribution in [0.4, 0.5) is 0 Å². The van der Waals surface area contributed by atoms with Gasteiger partial charge in [-0.15, -0.1) is 11.3 Å². The van der Waals surface area contributed by atoms with E-state index in [9.17, 15) is 0 Å². The van der Waals surface area contributed by atoms with Crippen molar-refractivity contribution in [3.8, 4) is 0 Å². The van der Waals surface area contributed by atoms with Gasteiger partial charge in [0, 0.05) is 27.3 Å². The largest absolute Gasteiger partial charge is 0.312 e. The number of nitrogens with one attached hydrogen (secondary N) is 1. The minimum absolute atomic E-state index is 0.972. The lowest BCUT2D eigenvalue weighted by Gasteiger charge is -2.16. The molecule has 0 amide bonds. The Bertz CT molecular complexity index is 519. The number of rotatable bonds is 8. The van der Waals surface area contributed by atoms with Crippen LogP contribution >= 0.6 is 27.3 Å². The molecule has 2 aromatic rings. The highest BCUT2D eigenvalue weighted by atomic mass is 79.9. The maximum atomic E-state index is 3.57. The van der Waals surface area contributed by atoms with E-state index in [1.807, 2.05) is 11.3 Å². The topological polar surface area (TPSA) is 15.3 Å².